The highest BCUT2D eigenvalue weighted by molar-refractivity contribution is 5.81. The second kappa shape index (κ2) is 6.77. The lowest BCUT2D eigenvalue weighted by Gasteiger charge is -2.32. The molecule has 5 nitrogen and oxygen atoms in total. The fourth-order valence-electron chi connectivity index (χ4n) is 3.48. The lowest BCUT2D eigenvalue weighted by molar-refractivity contribution is -0.133. The second-order valence-electron chi connectivity index (χ2n) is 6.80. The van der Waals surface area contributed by atoms with Crippen molar-refractivity contribution in [3.05, 3.63) is 0 Å². The Morgan fingerprint density at radius 2 is 1.57 bits per heavy atom. The van der Waals surface area contributed by atoms with E-state index in [9.17, 15) is 9.59 Å². The lowest BCUT2D eigenvalue weighted by atomic mass is 10.0. The van der Waals surface area contributed by atoms with Gasteiger partial charge in [-0.2, -0.15) is 0 Å². The number of nitrogens with one attached hydrogen (secondary N) is 2. The van der Waals surface area contributed by atoms with E-state index < -0.39 is 0 Å². The van der Waals surface area contributed by atoms with Crippen LogP contribution in [0.3, 0.4) is 0 Å². The predicted octanol–water partition coefficient (Wildman–Crippen LogP) is 1.04. The van der Waals surface area contributed by atoms with E-state index in [1.165, 1.54) is 25.7 Å². The normalized spacial score (nSPS) is 24.3. The number of carbonyl (C=O) groups excluding carboxylic acids is 2. The van der Waals surface area contributed by atoms with E-state index in [-0.39, 0.29) is 11.9 Å². The Hall–Kier alpha value is -1.10. The molecule has 1 aliphatic heterocycles. The summed E-state index contributed by atoms with van der Waals surface area (Å²) in [6.07, 6.45) is 8.91. The molecule has 2 saturated carbocycles. The van der Waals surface area contributed by atoms with Crippen molar-refractivity contribution in [2.45, 2.75) is 63.5 Å². The Labute approximate surface area is 126 Å². The zero-order valence-corrected chi connectivity index (χ0v) is 12.8. The first-order chi connectivity index (χ1) is 10.2. The number of hydrogen-bond donors (Lipinski definition) is 2. The summed E-state index contributed by atoms with van der Waals surface area (Å²) >= 11 is 0. The maximum atomic E-state index is 12.0. The summed E-state index contributed by atoms with van der Waals surface area (Å²) in [6.45, 7) is 2.04. The largest absolute Gasteiger partial charge is 0.352 e. The van der Waals surface area contributed by atoms with Crippen molar-refractivity contribution in [1.82, 2.24) is 15.5 Å². The van der Waals surface area contributed by atoms with Crippen molar-refractivity contribution in [1.29, 1.82) is 0 Å². The van der Waals surface area contributed by atoms with Gasteiger partial charge >= 0.3 is 0 Å². The van der Waals surface area contributed by atoms with Crippen LogP contribution in [-0.4, -0.2) is 48.4 Å². The zero-order chi connectivity index (χ0) is 14.7. The van der Waals surface area contributed by atoms with Gasteiger partial charge in [-0.15, -0.1) is 0 Å². The Balaban J connectivity index is 1.32. The van der Waals surface area contributed by atoms with E-state index >= 15 is 0 Å². The minimum Gasteiger partial charge on any atom is -0.352 e. The molecule has 0 aromatic heterocycles. The molecule has 0 unspecified atom stereocenters. The monoisotopic (exact) mass is 293 g/mol. The van der Waals surface area contributed by atoms with Gasteiger partial charge in [-0.3, -0.25) is 9.59 Å². The number of likely N-dealkylation sites (tertiary alicyclic amines) is 1. The molecule has 0 atom stereocenters. The fourth-order valence-corrected chi connectivity index (χ4v) is 3.48. The Bertz CT molecular complexity index is 381. The van der Waals surface area contributed by atoms with Crippen molar-refractivity contribution in [3.8, 4) is 0 Å². The number of amides is 2. The van der Waals surface area contributed by atoms with Crippen LogP contribution < -0.4 is 10.6 Å². The van der Waals surface area contributed by atoms with E-state index in [0.717, 1.165) is 38.8 Å². The highest BCUT2D eigenvalue weighted by atomic mass is 16.2. The molecule has 0 bridgehead atoms. The van der Waals surface area contributed by atoms with E-state index in [0.29, 0.717) is 24.4 Å². The molecule has 5 heteroatoms. The Morgan fingerprint density at radius 1 is 0.905 bits per heavy atom. The van der Waals surface area contributed by atoms with E-state index in [2.05, 4.69) is 10.6 Å². The summed E-state index contributed by atoms with van der Waals surface area (Å²) in [6, 6.07) is 0.778. The van der Waals surface area contributed by atoms with Gasteiger partial charge in [0, 0.05) is 31.1 Å². The molecule has 0 aromatic rings. The average Bonchev–Trinajstić information content (AvgIpc) is 3.22. The third kappa shape index (κ3) is 4.19. The summed E-state index contributed by atoms with van der Waals surface area (Å²) in [5.74, 6) is 0.753. The standard InChI is InChI=1S/C16H27N3O2/c20-15(11-17-13-3-1-2-4-13)18-14-7-9-19(10-8-14)16(21)12-5-6-12/h12-14,17H,1-11H2,(H,18,20). The molecule has 21 heavy (non-hydrogen) atoms. The third-order valence-corrected chi connectivity index (χ3v) is 5.00. The van der Waals surface area contributed by atoms with Crippen LogP contribution in [0.1, 0.15) is 51.4 Å². The highest BCUT2D eigenvalue weighted by Crippen LogP contribution is 2.31. The first-order valence-electron chi connectivity index (χ1n) is 8.54. The van der Waals surface area contributed by atoms with Gasteiger partial charge < -0.3 is 15.5 Å². The fraction of sp³-hybridized carbons (Fsp3) is 0.875. The summed E-state index contributed by atoms with van der Waals surface area (Å²) in [5.41, 5.74) is 0. The summed E-state index contributed by atoms with van der Waals surface area (Å²) < 4.78 is 0. The molecule has 0 spiro atoms. The zero-order valence-electron chi connectivity index (χ0n) is 12.8. The average molecular weight is 293 g/mol. The van der Waals surface area contributed by atoms with Crippen LogP contribution in [0, 0.1) is 5.92 Å². The van der Waals surface area contributed by atoms with Gasteiger partial charge in [0.15, 0.2) is 0 Å². The molecule has 2 amide bonds. The van der Waals surface area contributed by atoms with Gasteiger partial charge in [0.05, 0.1) is 6.54 Å². The van der Waals surface area contributed by atoms with E-state index in [1.54, 1.807) is 0 Å². The molecular formula is C16H27N3O2. The molecule has 0 aromatic carbocycles. The number of carbonyl (C=O) groups is 2. The Kier molecular flexibility index (Phi) is 4.78. The maximum absolute atomic E-state index is 12.0. The molecule has 2 N–H and O–H groups in total. The van der Waals surface area contributed by atoms with Gasteiger partial charge in [-0.25, -0.2) is 0 Å². The van der Waals surface area contributed by atoms with Crippen LogP contribution in [0.5, 0.6) is 0 Å². The molecule has 3 rings (SSSR count). The van der Waals surface area contributed by atoms with E-state index in [1.807, 2.05) is 4.90 Å². The van der Waals surface area contributed by atoms with Crippen molar-refractivity contribution >= 4 is 11.8 Å². The Morgan fingerprint density at radius 3 is 2.19 bits per heavy atom. The smallest absolute Gasteiger partial charge is 0.234 e. The molecule has 118 valence electrons. The van der Waals surface area contributed by atoms with Gasteiger partial charge in [0.2, 0.25) is 11.8 Å². The summed E-state index contributed by atoms with van der Waals surface area (Å²) in [5, 5.41) is 6.45. The molecule has 3 fully saturated rings. The number of hydrogen-bond acceptors (Lipinski definition) is 3. The first kappa shape index (κ1) is 14.8. The van der Waals surface area contributed by atoms with Crippen molar-refractivity contribution in [2.24, 2.45) is 5.92 Å². The van der Waals surface area contributed by atoms with Crippen molar-refractivity contribution < 1.29 is 9.59 Å². The van der Waals surface area contributed by atoms with Crippen LogP contribution in [0.4, 0.5) is 0 Å². The molecular weight excluding hydrogens is 266 g/mol. The maximum Gasteiger partial charge on any atom is 0.234 e. The summed E-state index contributed by atoms with van der Waals surface area (Å²) in [4.78, 5) is 25.9. The van der Waals surface area contributed by atoms with Crippen LogP contribution in [-0.2, 0) is 9.59 Å². The minimum absolute atomic E-state index is 0.105. The lowest BCUT2D eigenvalue weighted by Crippen LogP contribution is -2.49. The van der Waals surface area contributed by atoms with Crippen molar-refractivity contribution in [3.63, 3.8) is 0 Å². The molecule has 1 saturated heterocycles. The van der Waals surface area contributed by atoms with Crippen LogP contribution in [0.25, 0.3) is 0 Å². The van der Waals surface area contributed by atoms with Crippen LogP contribution >= 0.6 is 0 Å². The SMILES string of the molecule is O=C(CNC1CCCC1)NC1CCN(C(=O)C2CC2)CC1. The van der Waals surface area contributed by atoms with Gasteiger partial charge in [0.25, 0.3) is 0 Å². The third-order valence-electron chi connectivity index (χ3n) is 5.00. The topological polar surface area (TPSA) is 61.4 Å². The van der Waals surface area contributed by atoms with E-state index in [4.69, 9.17) is 0 Å². The minimum atomic E-state index is 0.105. The predicted molar refractivity (Wildman–Crippen MR) is 80.7 cm³/mol. The molecule has 0 radical (unpaired) electrons. The molecule has 1 heterocycles. The number of nitrogens with zero attached hydrogens (tertiary/aromatic N) is 1. The first-order valence-corrected chi connectivity index (χ1v) is 8.54. The van der Waals surface area contributed by atoms with Crippen molar-refractivity contribution in [2.75, 3.05) is 19.6 Å². The number of piperidine rings is 1. The van der Waals surface area contributed by atoms with Gasteiger partial charge in [0.1, 0.15) is 0 Å². The highest BCUT2D eigenvalue weighted by Gasteiger charge is 2.35. The summed E-state index contributed by atoms with van der Waals surface area (Å²) in [7, 11) is 0. The number of rotatable bonds is 5. The van der Waals surface area contributed by atoms with Crippen LogP contribution in [0.15, 0.2) is 0 Å². The second-order valence-corrected chi connectivity index (χ2v) is 6.80. The molecule has 2 aliphatic carbocycles. The quantitative estimate of drug-likeness (QED) is 0.796. The van der Waals surface area contributed by atoms with Crippen LogP contribution in [0.2, 0.25) is 0 Å². The van der Waals surface area contributed by atoms with Gasteiger partial charge in [-0.05, 0) is 38.5 Å². The van der Waals surface area contributed by atoms with Gasteiger partial charge in [-0.1, -0.05) is 12.8 Å². The molecule has 3 aliphatic rings.